The van der Waals surface area contributed by atoms with Crippen molar-refractivity contribution in [1.29, 1.82) is 0 Å². The summed E-state index contributed by atoms with van der Waals surface area (Å²) in [6.07, 6.45) is 3.02. The van der Waals surface area contributed by atoms with Crippen LogP contribution < -0.4 is 0 Å². The molecule has 0 unspecified atom stereocenters. The zero-order chi connectivity index (χ0) is 21.7. The number of hydrogen-bond acceptors (Lipinski definition) is 4. The van der Waals surface area contributed by atoms with Crippen LogP contribution in [0.4, 0.5) is 0 Å². The predicted molar refractivity (Wildman–Crippen MR) is 130 cm³/mol. The maximum absolute atomic E-state index is 5.19. The van der Waals surface area contributed by atoms with E-state index in [1.54, 1.807) is 0 Å². The van der Waals surface area contributed by atoms with Crippen LogP contribution in [0.2, 0.25) is 0 Å². The van der Waals surface area contributed by atoms with Gasteiger partial charge in [0.25, 0.3) is 0 Å². The van der Waals surface area contributed by atoms with Gasteiger partial charge in [-0.1, -0.05) is 36.9 Å². The van der Waals surface area contributed by atoms with Crippen LogP contribution in [0.15, 0.2) is 53.7 Å². The van der Waals surface area contributed by atoms with Gasteiger partial charge in [0.05, 0.1) is 11.7 Å². The number of aryl methyl sites for hydroxylation is 3. The third-order valence-corrected chi connectivity index (χ3v) is 7.85. The van der Waals surface area contributed by atoms with E-state index in [2.05, 4.69) is 80.5 Å². The third-order valence-electron chi connectivity index (χ3n) is 6.72. The molecule has 31 heavy (non-hydrogen) atoms. The van der Waals surface area contributed by atoms with E-state index < -0.39 is 0 Å². The van der Waals surface area contributed by atoms with Crippen molar-refractivity contribution in [2.45, 2.75) is 59.2 Å². The number of amidine groups is 1. The van der Waals surface area contributed by atoms with Crippen molar-refractivity contribution in [3.05, 3.63) is 82.4 Å². The van der Waals surface area contributed by atoms with Crippen LogP contribution in [0, 0.1) is 27.7 Å². The molecule has 0 N–H and O–H groups in total. The number of pyridine rings is 1. The molecule has 0 radical (unpaired) electrons. The molecule has 4 nitrogen and oxygen atoms in total. The summed E-state index contributed by atoms with van der Waals surface area (Å²) in [7, 11) is 0. The Kier molecular flexibility index (Phi) is 5.17. The third kappa shape index (κ3) is 3.30. The highest BCUT2D eigenvalue weighted by atomic mass is 32.2. The Morgan fingerprint density at radius 3 is 2.65 bits per heavy atom. The van der Waals surface area contributed by atoms with E-state index in [-0.39, 0.29) is 12.1 Å². The van der Waals surface area contributed by atoms with Crippen molar-refractivity contribution in [3.8, 4) is 5.69 Å². The van der Waals surface area contributed by atoms with Crippen molar-refractivity contribution in [2.75, 3.05) is 5.75 Å². The lowest BCUT2D eigenvalue weighted by Gasteiger charge is -2.32. The topological polar surface area (TPSA) is 33.4 Å². The fourth-order valence-electron chi connectivity index (χ4n) is 5.10. The molecule has 5 rings (SSSR count). The second kappa shape index (κ2) is 7.86. The summed E-state index contributed by atoms with van der Waals surface area (Å²) in [5, 5.41) is 1.18. The van der Waals surface area contributed by atoms with Crippen molar-refractivity contribution in [2.24, 2.45) is 4.99 Å². The molecule has 2 aliphatic heterocycles. The van der Waals surface area contributed by atoms with Crippen LogP contribution in [-0.2, 0) is 0 Å². The molecule has 0 saturated carbocycles. The van der Waals surface area contributed by atoms with Crippen molar-refractivity contribution in [1.82, 2.24) is 14.5 Å². The molecular formula is C26H30N4S. The SMILES string of the molecule is CC[C@@H]1CSC2=N[C@H](c3ccccn3)[C@@H](c3cc(C)n(-c4cc(C)ccc4C)c3C)N21. The van der Waals surface area contributed by atoms with Gasteiger partial charge in [-0.05, 0) is 75.1 Å². The number of thioether (sulfide) groups is 1. The Morgan fingerprint density at radius 1 is 1.06 bits per heavy atom. The second-order valence-corrected chi connectivity index (χ2v) is 9.78. The summed E-state index contributed by atoms with van der Waals surface area (Å²) in [4.78, 5) is 12.5. The van der Waals surface area contributed by atoms with Gasteiger partial charge in [0.15, 0.2) is 5.17 Å². The van der Waals surface area contributed by atoms with Crippen LogP contribution in [0.25, 0.3) is 5.69 Å². The van der Waals surface area contributed by atoms with Gasteiger partial charge in [0.1, 0.15) is 6.04 Å². The van der Waals surface area contributed by atoms with E-state index in [0.29, 0.717) is 6.04 Å². The lowest BCUT2D eigenvalue weighted by atomic mass is 9.95. The van der Waals surface area contributed by atoms with Crippen LogP contribution in [0.5, 0.6) is 0 Å². The number of benzene rings is 1. The number of nitrogens with zero attached hydrogens (tertiary/aromatic N) is 4. The van der Waals surface area contributed by atoms with Crippen molar-refractivity contribution in [3.63, 3.8) is 0 Å². The maximum Gasteiger partial charge on any atom is 0.160 e. The van der Waals surface area contributed by atoms with Gasteiger partial charge in [-0.25, -0.2) is 0 Å². The number of hydrogen-bond donors (Lipinski definition) is 0. The molecule has 0 bridgehead atoms. The van der Waals surface area contributed by atoms with Crippen molar-refractivity contribution < 1.29 is 0 Å². The smallest absolute Gasteiger partial charge is 0.160 e. The highest BCUT2D eigenvalue weighted by Crippen LogP contribution is 2.49. The summed E-state index contributed by atoms with van der Waals surface area (Å²) in [6.45, 7) is 11.1. The molecule has 160 valence electrons. The number of aliphatic imine (C=N–C) groups is 1. The molecule has 5 heteroatoms. The fourth-order valence-corrected chi connectivity index (χ4v) is 6.44. The normalized spacial score (nSPS) is 22.7. The highest BCUT2D eigenvalue weighted by Gasteiger charge is 2.46. The van der Waals surface area contributed by atoms with Gasteiger partial charge in [0.2, 0.25) is 0 Å². The van der Waals surface area contributed by atoms with Crippen LogP contribution in [0.1, 0.15) is 59.2 Å². The van der Waals surface area contributed by atoms with E-state index in [1.807, 2.05) is 24.0 Å². The average molecular weight is 431 g/mol. The molecule has 1 aromatic carbocycles. The average Bonchev–Trinajstić information content (AvgIpc) is 3.42. The van der Waals surface area contributed by atoms with Crippen LogP contribution >= 0.6 is 11.8 Å². The Morgan fingerprint density at radius 2 is 1.90 bits per heavy atom. The molecule has 1 saturated heterocycles. The number of rotatable bonds is 4. The first-order chi connectivity index (χ1) is 15.0. The Bertz CT molecular complexity index is 1150. The summed E-state index contributed by atoms with van der Waals surface area (Å²) in [5.74, 6) is 1.12. The Hall–Kier alpha value is -2.53. The molecule has 0 spiro atoms. The number of fused-ring (bicyclic) bond motifs is 1. The molecule has 2 aliphatic rings. The van der Waals surface area contributed by atoms with Gasteiger partial charge >= 0.3 is 0 Å². The molecule has 3 aromatic rings. The molecular weight excluding hydrogens is 400 g/mol. The Labute approximate surface area is 189 Å². The summed E-state index contributed by atoms with van der Waals surface area (Å²) in [6, 6.07) is 16.0. The van der Waals surface area contributed by atoms with Crippen molar-refractivity contribution >= 4 is 16.9 Å². The fraction of sp³-hybridized carbons (Fsp3) is 0.385. The lowest BCUT2D eigenvalue weighted by molar-refractivity contribution is 0.254. The summed E-state index contributed by atoms with van der Waals surface area (Å²) < 4.78 is 2.43. The summed E-state index contributed by atoms with van der Waals surface area (Å²) >= 11 is 1.90. The Balaban J connectivity index is 1.66. The largest absolute Gasteiger partial charge is 0.338 e. The first kappa shape index (κ1) is 20.4. The van der Waals surface area contributed by atoms with E-state index in [4.69, 9.17) is 9.98 Å². The molecule has 3 atom stereocenters. The second-order valence-electron chi connectivity index (χ2n) is 8.79. The first-order valence-electron chi connectivity index (χ1n) is 11.2. The molecule has 2 aromatic heterocycles. The monoisotopic (exact) mass is 430 g/mol. The molecule has 1 fully saturated rings. The van der Waals surface area contributed by atoms with Gasteiger partial charge in [-0.15, -0.1) is 0 Å². The number of aromatic nitrogens is 2. The minimum atomic E-state index is 0.0330. The lowest BCUT2D eigenvalue weighted by Crippen LogP contribution is -2.35. The van der Waals surface area contributed by atoms with E-state index in [0.717, 1.165) is 17.9 Å². The van der Waals surface area contributed by atoms with Crippen LogP contribution in [0.3, 0.4) is 0 Å². The van der Waals surface area contributed by atoms with Gasteiger partial charge in [-0.3, -0.25) is 9.98 Å². The molecule has 0 aliphatic carbocycles. The summed E-state index contributed by atoms with van der Waals surface area (Å²) in [5.41, 5.74) is 8.86. The van der Waals surface area contributed by atoms with E-state index in [1.165, 1.54) is 38.9 Å². The minimum absolute atomic E-state index is 0.0330. The molecule has 0 amide bonds. The van der Waals surface area contributed by atoms with Gasteiger partial charge in [0, 0.05) is 35.1 Å². The van der Waals surface area contributed by atoms with E-state index >= 15 is 0 Å². The minimum Gasteiger partial charge on any atom is -0.338 e. The highest BCUT2D eigenvalue weighted by molar-refractivity contribution is 8.14. The zero-order valence-electron chi connectivity index (χ0n) is 19.0. The van der Waals surface area contributed by atoms with Crippen LogP contribution in [-0.4, -0.2) is 31.4 Å². The standard InChI is InChI=1S/C26H30N4S/c1-6-20-15-31-26-28-24(22-9-7-8-12-27-22)25(30(20)26)21-14-18(4)29(19(21)5)23-13-16(2)10-11-17(23)3/h7-14,20,24-25H,6,15H2,1-5H3/t20-,24-,25-/m1/s1. The predicted octanol–water partition coefficient (Wildman–Crippen LogP) is 6.09. The maximum atomic E-state index is 5.19. The quantitative estimate of drug-likeness (QED) is 0.502. The first-order valence-corrected chi connectivity index (χ1v) is 12.1. The van der Waals surface area contributed by atoms with E-state index in [9.17, 15) is 0 Å². The van der Waals surface area contributed by atoms with Gasteiger partial charge in [-0.2, -0.15) is 0 Å². The zero-order valence-corrected chi connectivity index (χ0v) is 19.8. The molecule has 4 heterocycles. The van der Waals surface area contributed by atoms with Gasteiger partial charge < -0.3 is 9.47 Å².